The number of para-hydroxylation sites is 1. The average Bonchev–Trinajstić information content (AvgIpc) is 3.01. The van der Waals surface area contributed by atoms with Crippen molar-refractivity contribution >= 4 is 35.4 Å². The Labute approximate surface area is 199 Å². The molecule has 1 aliphatic rings. The molecule has 0 unspecified atom stereocenters. The molecule has 10 heteroatoms. The minimum Gasteiger partial charge on any atom is -0.494 e. The molecule has 0 amide bonds. The Balaban J connectivity index is 1.91. The van der Waals surface area contributed by atoms with Crippen molar-refractivity contribution in [1.82, 2.24) is 9.55 Å². The number of ether oxygens (including phenoxy) is 3. The highest BCUT2D eigenvalue weighted by molar-refractivity contribution is 7.99. The number of hydrogen-bond donors (Lipinski definition) is 2. The summed E-state index contributed by atoms with van der Waals surface area (Å²) in [6, 6.07) is 11.5. The Morgan fingerprint density at radius 2 is 1.82 bits per heavy atom. The van der Waals surface area contributed by atoms with Crippen molar-refractivity contribution in [1.29, 1.82) is 0 Å². The maximum absolute atomic E-state index is 12.8. The fourth-order valence-electron chi connectivity index (χ4n) is 3.71. The van der Waals surface area contributed by atoms with E-state index in [2.05, 4.69) is 4.98 Å². The van der Waals surface area contributed by atoms with Crippen LogP contribution in [0.25, 0.3) is 0 Å². The molecule has 0 saturated heterocycles. The molecule has 2 heterocycles. The molecule has 4 rings (SSSR count). The number of aromatic nitrogens is 2. The number of hydrogen-bond acceptors (Lipinski definition) is 8. The van der Waals surface area contributed by atoms with Crippen LogP contribution in [0.1, 0.15) is 22.8 Å². The lowest BCUT2D eigenvalue weighted by molar-refractivity contribution is 0.324. The van der Waals surface area contributed by atoms with Gasteiger partial charge in [-0.15, -0.1) is 11.8 Å². The van der Waals surface area contributed by atoms with E-state index in [1.807, 2.05) is 36.4 Å². The van der Waals surface area contributed by atoms with Gasteiger partial charge in [0.2, 0.25) is 11.6 Å². The molecule has 0 fully saturated rings. The van der Waals surface area contributed by atoms with Gasteiger partial charge in [-0.05, 0) is 42.0 Å². The predicted molar refractivity (Wildman–Crippen MR) is 130 cm³/mol. The first kappa shape index (κ1) is 22.9. The number of nitrogens with zero attached hydrogens (tertiary/aromatic N) is 2. The summed E-state index contributed by atoms with van der Waals surface area (Å²) >= 11 is 6.73. The number of nitrogens with one attached hydrogen (secondary N) is 1. The highest BCUT2D eigenvalue weighted by atomic mass is 32.2. The quantitative estimate of drug-likeness (QED) is 0.512. The van der Waals surface area contributed by atoms with Crippen LogP contribution in [-0.2, 0) is 7.05 Å². The van der Waals surface area contributed by atoms with Gasteiger partial charge in [0.25, 0.3) is 5.56 Å². The molecule has 1 atom stereocenters. The minimum atomic E-state index is -0.484. The van der Waals surface area contributed by atoms with Gasteiger partial charge in [0, 0.05) is 23.6 Å². The Hall–Kier alpha value is -3.24. The number of aliphatic imine (C=N–C) groups is 1. The molecule has 1 aliphatic heterocycles. The zero-order valence-corrected chi connectivity index (χ0v) is 20.2. The van der Waals surface area contributed by atoms with Crippen molar-refractivity contribution in [2.24, 2.45) is 12.0 Å². The molecule has 2 aromatic carbocycles. The summed E-state index contributed by atoms with van der Waals surface area (Å²) in [7, 11) is 6.28. The largest absolute Gasteiger partial charge is 0.494 e. The van der Waals surface area contributed by atoms with Gasteiger partial charge in [-0.1, -0.05) is 12.1 Å². The zero-order chi connectivity index (χ0) is 23.7. The lowest BCUT2D eigenvalue weighted by Gasteiger charge is -2.20. The van der Waals surface area contributed by atoms with Crippen LogP contribution in [-0.4, -0.2) is 41.7 Å². The third kappa shape index (κ3) is 4.23. The van der Waals surface area contributed by atoms with Gasteiger partial charge < -0.3 is 19.3 Å². The first-order chi connectivity index (χ1) is 15.9. The fourth-order valence-corrected chi connectivity index (χ4v) is 5.10. The van der Waals surface area contributed by atoms with E-state index in [1.54, 1.807) is 40.1 Å². The van der Waals surface area contributed by atoms with Crippen LogP contribution in [0.5, 0.6) is 23.1 Å². The summed E-state index contributed by atoms with van der Waals surface area (Å²) in [5, 5.41) is 10.6. The van der Waals surface area contributed by atoms with Crippen molar-refractivity contribution in [2.75, 3.05) is 21.3 Å². The van der Waals surface area contributed by atoms with Gasteiger partial charge in [-0.2, -0.15) is 0 Å². The van der Waals surface area contributed by atoms with Gasteiger partial charge in [0.05, 0.1) is 32.7 Å². The number of benzene rings is 2. The van der Waals surface area contributed by atoms with E-state index < -0.39 is 5.56 Å². The van der Waals surface area contributed by atoms with Gasteiger partial charge in [-0.3, -0.25) is 19.3 Å². The first-order valence-electron chi connectivity index (χ1n) is 10.0. The van der Waals surface area contributed by atoms with E-state index >= 15 is 0 Å². The number of aromatic hydroxyl groups is 1. The van der Waals surface area contributed by atoms with Crippen LogP contribution in [0, 0.1) is 4.77 Å². The molecule has 0 radical (unpaired) electrons. The van der Waals surface area contributed by atoms with E-state index in [4.69, 9.17) is 31.4 Å². The molecule has 172 valence electrons. The van der Waals surface area contributed by atoms with Crippen LogP contribution in [0.15, 0.2) is 51.1 Å². The maximum Gasteiger partial charge on any atom is 0.264 e. The molecule has 0 saturated carbocycles. The summed E-state index contributed by atoms with van der Waals surface area (Å²) in [5.41, 5.74) is 1.69. The maximum atomic E-state index is 12.8. The molecule has 8 nitrogen and oxygen atoms in total. The highest BCUT2D eigenvalue weighted by Gasteiger charge is 2.28. The fraction of sp³-hybridized carbons (Fsp3) is 0.261. The normalized spacial score (nSPS) is 15.3. The number of methoxy groups -OCH3 is 3. The second-order valence-electron chi connectivity index (χ2n) is 7.31. The Kier molecular flexibility index (Phi) is 6.48. The first-order valence-corrected chi connectivity index (χ1v) is 11.3. The SMILES string of the molecule is COc1cc([C@@H]2CC(c3c(O)n(C)c(=S)[nH]c3=O)=Nc3ccccc3S2)cc(OC)c1OC. The van der Waals surface area contributed by atoms with Gasteiger partial charge >= 0.3 is 0 Å². The van der Waals surface area contributed by atoms with Crippen LogP contribution >= 0.6 is 24.0 Å². The number of aromatic amines is 1. The molecule has 2 N–H and O–H groups in total. The Bertz CT molecular complexity index is 1340. The number of thioether (sulfide) groups is 1. The van der Waals surface area contributed by atoms with Crippen LogP contribution < -0.4 is 19.8 Å². The van der Waals surface area contributed by atoms with E-state index in [9.17, 15) is 9.90 Å². The van der Waals surface area contributed by atoms with Gasteiger partial charge in [0.15, 0.2) is 16.3 Å². The van der Waals surface area contributed by atoms with Gasteiger partial charge in [-0.25, -0.2) is 0 Å². The molecular weight excluding hydrogens is 462 g/mol. The third-order valence-corrected chi connectivity index (χ3v) is 7.11. The van der Waals surface area contributed by atoms with Crippen molar-refractivity contribution < 1.29 is 19.3 Å². The summed E-state index contributed by atoms with van der Waals surface area (Å²) < 4.78 is 18.0. The second-order valence-corrected chi connectivity index (χ2v) is 8.94. The molecule has 0 bridgehead atoms. The second kappa shape index (κ2) is 9.32. The lowest BCUT2D eigenvalue weighted by Crippen LogP contribution is -2.23. The molecule has 0 spiro atoms. The predicted octanol–water partition coefficient (Wildman–Crippen LogP) is 4.53. The number of rotatable bonds is 5. The van der Waals surface area contributed by atoms with E-state index in [0.29, 0.717) is 29.4 Å². The van der Waals surface area contributed by atoms with Crippen molar-refractivity contribution in [3.05, 3.63) is 62.6 Å². The molecule has 0 aliphatic carbocycles. The summed E-state index contributed by atoms with van der Waals surface area (Å²) in [5.74, 6) is 1.34. The van der Waals surface area contributed by atoms with Crippen molar-refractivity contribution in [2.45, 2.75) is 16.6 Å². The number of H-pyrrole nitrogens is 1. The van der Waals surface area contributed by atoms with E-state index in [1.165, 1.54) is 4.57 Å². The summed E-state index contributed by atoms with van der Waals surface area (Å²) in [4.78, 5) is 21.2. The average molecular weight is 486 g/mol. The number of fused-ring (bicyclic) bond motifs is 1. The zero-order valence-electron chi connectivity index (χ0n) is 18.5. The highest BCUT2D eigenvalue weighted by Crippen LogP contribution is 2.49. The monoisotopic (exact) mass is 485 g/mol. The van der Waals surface area contributed by atoms with Crippen LogP contribution in [0.4, 0.5) is 5.69 Å². The lowest BCUT2D eigenvalue weighted by atomic mass is 10.0. The summed E-state index contributed by atoms with van der Waals surface area (Å²) in [6.07, 6.45) is 0.366. The van der Waals surface area contributed by atoms with Crippen molar-refractivity contribution in [3.63, 3.8) is 0 Å². The van der Waals surface area contributed by atoms with Crippen LogP contribution in [0.2, 0.25) is 0 Å². The topological polar surface area (TPSA) is 98.1 Å². The Morgan fingerprint density at radius 3 is 2.45 bits per heavy atom. The minimum absolute atomic E-state index is 0.0980. The smallest absolute Gasteiger partial charge is 0.264 e. The molecule has 33 heavy (non-hydrogen) atoms. The third-order valence-electron chi connectivity index (χ3n) is 5.41. The standard InChI is InChI=1S/C23H23N3O5S2/c1-26-22(28)19(21(27)25-23(26)32)14-11-18(33-17-8-6-5-7-13(17)24-14)12-9-15(29-2)20(31-4)16(10-12)30-3/h5-10,18,28H,11H2,1-4H3,(H,25,27,32)/t18-/m0/s1. The van der Waals surface area contributed by atoms with Crippen LogP contribution in [0.3, 0.4) is 0 Å². The van der Waals surface area contributed by atoms with Crippen molar-refractivity contribution in [3.8, 4) is 23.1 Å². The molecule has 1 aromatic heterocycles. The van der Waals surface area contributed by atoms with E-state index in [-0.39, 0.29) is 21.5 Å². The molecular formula is C23H23N3O5S2. The summed E-state index contributed by atoms with van der Waals surface area (Å²) in [6.45, 7) is 0. The Morgan fingerprint density at radius 1 is 1.15 bits per heavy atom. The van der Waals surface area contributed by atoms with E-state index in [0.717, 1.165) is 16.1 Å². The van der Waals surface area contributed by atoms with Gasteiger partial charge in [0.1, 0.15) is 5.56 Å². The molecule has 3 aromatic rings.